The molecule has 0 aliphatic rings. The molecule has 0 saturated heterocycles. The molecule has 4 aromatic carbocycles. The van der Waals surface area contributed by atoms with Crippen molar-refractivity contribution in [2.45, 2.75) is 126 Å². The van der Waals surface area contributed by atoms with Crippen molar-refractivity contribution in [3.8, 4) is 0 Å². The number of hydrogen-bond acceptors (Lipinski definition) is 13. The lowest BCUT2D eigenvalue weighted by Gasteiger charge is -2.19. The molecule has 67 heavy (non-hydrogen) atoms. The van der Waals surface area contributed by atoms with Crippen molar-refractivity contribution < 1.29 is 68.0 Å². The van der Waals surface area contributed by atoms with Crippen molar-refractivity contribution in [2.24, 2.45) is 0 Å². The maximum Gasteiger partial charge on any atom is 0.332 e. The molecule has 4 rings (SSSR count). The van der Waals surface area contributed by atoms with E-state index in [-0.39, 0.29) is 55.9 Å². The van der Waals surface area contributed by atoms with Gasteiger partial charge >= 0.3 is 17.9 Å². The number of hydrogen-bond donors (Lipinski definition) is 4. The minimum atomic E-state index is -0.953. The Morgan fingerprint density at radius 2 is 0.716 bits per heavy atom. The summed E-state index contributed by atoms with van der Waals surface area (Å²) >= 11 is 2.99. The third kappa shape index (κ3) is 36.2. The largest absolute Gasteiger partial charge is 0.480 e. The van der Waals surface area contributed by atoms with E-state index < -0.39 is 11.6 Å². The van der Waals surface area contributed by atoms with E-state index in [1.54, 1.807) is 6.07 Å². The first kappa shape index (κ1) is 62.4. The zero-order chi connectivity index (χ0) is 50.5. The summed E-state index contributed by atoms with van der Waals surface area (Å²) in [7, 11) is 0. The van der Waals surface area contributed by atoms with Gasteiger partial charge in [-0.1, -0.05) is 113 Å². The summed E-state index contributed by atoms with van der Waals surface area (Å²) in [6, 6.07) is 30.7. The van der Waals surface area contributed by atoms with Gasteiger partial charge in [-0.3, -0.25) is 4.79 Å². The number of carboxylic acids is 1. The van der Waals surface area contributed by atoms with E-state index in [1.807, 2.05) is 153 Å². The van der Waals surface area contributed by atoms with E-state index >= 15 is 0 Å². The number of aliphatic hydroxyl groups is 3. The number of halogens is 1. The Balaban J connectivity index is 0.000000839. The first-order valence-electron chi connectivity index (χ1n) is 22.1. The molecule has 0 amide bonds. The highest BCUT2D eigenvalue weighted by Crippen LogP contribution is 2.12. The highest BCUT2D eigenvalue weighted by molar-refractivity contribution is 9.09. The van der Waals surface area contributed by atoms with Crippen LogP contribution in [0.3, 0.4) is 0 Å². The molecule has 0 aromatic heterocycles. The number of aliphatic hydroxyl groups excluding tert-OH is 3. The summed E-state index contributed by atoms with van der Waals surface area (Å²) in [6.45, 7) is 21.4. The van der Waals surface area contributed by atoms with Crippen molar-refractivity contribution in [3.05, 3.63) is 142 Å². The molecule has 0 bridgehead atoms. The van der Waals surface area contributed by atoms with Crippen LogP contribution in [0.5, 0.6) is 0 Å². The van der Waals surface area contributed by atoms with Gasteiger partial charge in [-0.2, -0.15) is 0 Å². The number of benzene rings is 4. The van der Waals surface area contributed by atoms with Crippen molar-refractivity contribution >= 4 is 33.8 Å². The third-order valence-electron chi connectivity index (χ3n) is 7.86. The number of alkyl halides is 1. The molecule has 0 aliphatic heterocycles. The summed E-state index contributed by atoms with van der Waals surface area (Å²) in [4.78, 5) is 32.3. The Kier molecular flexibility index (Phi) is 34.9. The molecule has 15 heteroatoms. The number of carbonyl (C=O) groups is 3. The molecule has 4 aromatic rings. The van der Waals surface area contributed by atoms with Crippen LogP contribution >= 0.6 is 15.9 Å². The van der Waals surface area contributed by atoms with Gasteiger partial charge in [0.05, 0.1) is 52.9 Å². The minimum Gasteiger partial charge on any atom is -0.480 e. The quantitative estimate of drug-likeness (QED) is 0.0456. The standard InChI is InChI=1S/C16H24O4.C12H16O4.C10H14O2.C8H10O2.C6H11BrO2/c1-5-18-10-13-7-6-8-14(9-13)11-19-12-15(17)20-16(2,3)4;1-2-15-7-10-4-3-5-11(6-10)8-16-9-12(13)14;1-2-12-8-10-5-3-4-9(6-10)7-11;9-5-7-2-1-3-8(4-7)6-10;1-6(2,3)9-5(8)4-7/h6-9H,5,10-12H2,1-4H3;3-6H,2,7-9H2,1H3,(H,13,14);3-6,11H,2,7-8H2,1H3;1-4,9-10H,5-6H2;4H2,1-3H3. The van der Waals surface area contributed by atoms with E-state index in [0.29, 0.717) is 46.2 Å². The Labute approximate surface area is 406 Å². The molecule has 0 radical (unpaired) electrons. The minimum absolute atomic E-state index is 0.0348. The van der Waals surface area contributed by atoms with Crippen molar-refractivity contribution in [1.82, 2.24) is 0 Å². The van der Waals surface area contributed by atoms with Crippen LogP contribution in [0, 0.1) is 0 Å². The van der Waals surface area contributed by atoms with Gasteiger partial charge < -0.3 is 53.6 Å². The fourth-order valence-electron chi connectivity index (χ4n) is 5.17. The normalized spacial score (nSPS) is 10.6. The van der Waals surface area contributed by atoms with Crippen LogP contribution in [0.4, 0.5) is 0 Å². The highest BCUT2D eigenvalue weighted by atomic mass is 79.9. The van der Waals surface area contributed by atoms with Gasteiger partial charge in [0.1, 0.15) is 29.7 Å². The van der Waals surface area contributed by atoms with Crippen LogP contribution in [0.1, 0.15) is 107 Å². The lowest BCUT2D eigenvalue weighted by Crippen LogP contribution is -2.26. The first-order chi connectivity index (χ1) is 31.8. The fourth-order valence-corrected chi connectivity index (χ4v) is 5.28. The van der Waals surface area contributed by atoms with E-state index in [1.165, 1.54) is 0 Å². The second-order valence-corrected chi connectivity index (χ2v) is 16.9. The van der Waals surface area contributed by atoms with Gasteiger partial charge in [-0.15, -0.1) is 0 Å². The number of esters is 2. The van der Waals surface area contributed by atoms with Crippen LogP contribution in [-0.2, 0) is 100 Å². The van der Waals surface area contributed by atoms with Gasteiger partial charge in [-0.25, -0.2) is 9.59 Å². The van der Waals surface area contributed by atoms with Crippen LogP contribution in [0.2, 0.25) is 0 Å². The number of carbonyl (C=O) groups excluding carboxylic acids is 2. The van der Waals surface area contributed by atoms with E-state index in [0.717, 1.165) is 51.1 Å². The van der Waals surface area contributed by atoms with Crippen molar-refractivity contribution in [2.75, 3.05) is 38.4 Å². The second kappa shape index (κ2) is 37.4. The predicted molar refractivity (Wildman–Crippen MR) is 262 cm³/mol. The zero-order valence-corrected chi connectivity index (χ0v) is 42.5. The van der Waals surface area contributed by atoms with Crippen molar-refractivity contribution in [1.29, 1.82) is 0 Å². The van der Waals surface area contributed by atoms with Gasteiger partial charge in [0.2, 0.25) is 0 Å². The molecule has 0 spiro atoms. The van der Waals surface area contributed by atoms with E-state index in [4.69, 9.17) is 53.6 Å². The van der Waals surface area contributed by atoms with Crippen LogP contribution in [0.15, 0.2) is 97.1 Å². The highest BCUT2D eigenvalue weighted by Gasteiger charge is 2.16. The third-order valence-corrected chi connectivity index (χ3v) is 8.32. The molecule has 0 atom stereocenters. The smallest absolute Gasteiger partial charge is 0.332 e. The molecule has 0 saturated carbocycles. The summed E-state index contributed by atoms with van der Waals surface area (Å²) in [5.74, 6) is -1.52. The van der Waals surface area contributed by atoms with Gasteiger partial charge in [0.15, 0.2) is 0 Å². The Bertz CT molecular complexity index is 1900. The van der Waals surface area contributed by atoms with Crippen LogP contribution in [0.25, 0.3) is 0 Å². The molecule has 374 valence electrons. The van der Waals surface area contributed by atoms with Gasteiger partial charge in [0.25, 0.3) is 0 Å². The molecule has 0 unspecified atom stereocenters. The lowest BCUT2D eigenvalue weighted by atomic mass is 10.1. The summed E-state index contributed by atoms with van der Waals surface area (Å²) in [6.07, 6.45) is 0. The number of carboxylic acid groups (broad SMARTS) is 1. The Morgan fingerprint density at radius 1 is 0.448 bits per heavy atom. The fraction of sp³-hybridized carbons (Fsp3) is 0.481. The van der Waals surface area contributed by atoms with Gasteiger partial charge in [-0.05, 0) is 107 Å². The lowest BCUT2D eigenvalue weighted by molar-refractivity contribution is -0.160. The second-order valence-electron chi connectivity index (χ2n) is 16.4. The molecule has 14 nitrogen and oxygen atoms in total. The summed E-state index contributed by atoms with van der Waals surface area (Å²) < 4.78 is 36.3. The number of aliphatic carboxylic acids is 1. The molecule has 0 aliphatic carbocycles. The molecule has 0 heterocycles. The number of rotatable bonds is 21. The first-order valence-corrected chi connectivity index (χ1v) is 23.2. The summed E-state index contributed by atoms with van der Waals surface area (Å²) in [5.41, 5.74) is 7.05. The maximum absolute atomic E-state index is 11.5. The summed E-state index contributed by atoms with van der Waals surface area (Å²) in [5, 5.41) is 34.9. The molecule has 0 fully saturated rings. The topological polar surface area (TPSA) is 197 Å². The van der Waals surface area contributed by atoms with Crippen molar-refractivity contribution in [3.63, 3.8) is 0 Å². The molecular weight excluding hydrogens is 928 g/mol. The molecule has 4 N–H and O–H groups in total. The van der Waals surface area contributed by atoms with Gasteiger partial charge in [0, 0.05) is 19.8 Å². The maximum atomic E-state index is 11.5. The molecular formula is C52H75BrO14. The van der Waals surface area contributed by atoms with E-state index in [9.17, 15) is 14.4 Å². The Hall–Kier alpha value is -4.55. The predicted octanol–water partition coefficient (Wildman–Crippen LogP) is 9.02. The van der Waals surface area contributed by atoms with E-state index in [2.05, 4.69) is 15.9 Å². The zero-order valence-electron chi connectivity index (χ0n) is 40.9. The average Bonchev–Trinajstić information content (AvgIpc) is 3.29. The van der Waals surface area contributed by atoms with Crippen LogP contribution < -0.4 is 0 Å². The number of ether oxygens (including phenoxy) is 7. The average molecular weight is 1000 g/mol. The monoisotopic (exact) mass is 1000 g/mol. The van der Waals surface area contributed by atoms with Crippen LogP contribution in [-0.4, -0.2) is 87.9 Å². The SMILES string of the molecule is CC(C)(C)OC(=O)CBr.CCOCc1cccc(CO)c1.CCOCc1cccc(COCC(=O)O)c1.CCOCc1cccc(COCC(=O)OC(C)(C)C)c1.OCc1cccc(CO)c1. The Morgan fingerprint density at radius 3 is 0.985 bits per heavy atom.